The number of hydrogen-bond acceptors (Lipinski definition) is 2. The van der Waals surface area contributed by atoms with Crippen molar-refractivity contribution in [3.63, 3.8) is 0 Å². The van der Waals surface area contributed by atoms with Crippen LogP contribution in [0.15, 0.2) is 36.4 Å². The minimum atomic E-state index is -0.901. The minimum Gasteiger partial charge on any atom is -0.347 e. The van der Waals surface area contributed by atoms with Gasteiger partial charge >= 0.3 is 0 Å². The van der Waals surface area contributed by atoms with Gasteiger partial charge in [0.2, 0.25) is 0 Å². The molecular weight excluding hydrogens is 329 g/mol. The fourth-order valence-electron chi connectivity index (χ4n) is 3.27. The molecule has 3 nitrogen and oxygen atoms in total. The van der Waals surface area contributed by atoms with Crippen molar-refractivity contribution in [3.05, 3.63) is 70.5 Å². The predicted octanol–water partition coefficient (Wildman–Crippen LogP) is 3.29. The molecule has 25 heavy (non-hydrogen) atoms. The summed E-state index contributed by atoms with van der Waals surface area (Å²) in [5.74, 6) is -2.79. The summed E-state index contributed by atoms with van der Waals surface area (Å²) < 4.78 is 40.3. The molecular formula is C19H19F3N2O. The summed E-state index contributed by atoms with van der Waals surface area (Å²) in [6.45, 7) is 2.94. The summed E-state index contributed by atoms with van der Waals surface area (Å²) in [5, 5.41) is 6.07. The van der Waals surface area contributed by atoms with Crippen molar-refractivity contribution in [1.29, 1.82) is 0 Å². The first-order valence-corrected chi connectivity index (χ1v) is 8.18. The van der Waals surface area contributed by atoms with Crippen molar-refractivity contribution < 1.29 is 18.0 Å². The molecule has 1 saturated heterocycles. The SMILES string of the molecule is Cc1cc(F)cc(C(=O)NC2CNCCC2c2ccc(F)c(F)c2)c1. The second-order valence-electron chi connectivity index (χ2n) is 6.37. The lowest BCUT2D eigenvalue weighted by molar-refractivity contribution is 0.0924. The molecule has 0 aliphatic carbocycles. The van der Waals surface area contributed by atoms with Crippen molar-refractivity contribution in [3.8, 4) is 0 Å². The van der Waals surface area contributed by atoms with Crippen LogP contribution in [0.5, 0.6) is 0 Å². The van der Waals surface area contributed by atoms with E-state index in [1.54, 1.807) is 19.1 Å². The number of rotatable bonds is 3. The Morgan fingerprint density at radius 3 is 2.64 bits per heavy atom. The monoisotopic (exact) mass is 348 g/mol. The van der Waals surface area contributed by atoms with E-state index in [9.17, 15) is 18.0 Å². The van der Waals surface area contributed by atoms with E-state index in [2.05, 4.69) is 10.6 Å². The molecule has 0 spiro atoms. The third-order valence-corrected chi connectivity index (χ3v) is 4.47. The van der Waals surface area contributed by atoms with Crippen molar-refractivity contribution in [2.24, 2.45) is 0 Å². The van der Waals surface area contributed by atoms with Gasteiger partial charge < -0.3 is 10.6 Å². The van der Waals surface area contributed by atoms with Crippen LogP contribution >= 0.6 is 0 Å². The molecule has 132 valence electrons. The van der Waals surface area contributed by atoms with Gasteiger partial charge in [-0.15, -0.1) is 0 Å². The first-order valence-electron chi connectivity index (χ1n) is 8.18. The molecule has 0 aromatic heterocycles. The second-order valence-corrected chi connectivity index (χ2v) is 6.37. The van der Waals surface area contributed by atoms with Crippen LogP contribution < -0.4 is 10.6 Å². The van der Waals surface area contributed by atoms with E-state index >= 15 is 0 Å². The van der Waals surface area contributed by atoms with Gasteiger partial charge in [-0.2, -0.15) is 0 Å². The number of nitrogens with one attached hydrogen (secondary N) is 2. The number of hydrogen-bond donors (Lipinski definition) is 2. The lowest BCUT2D eigenvalue weighted by Gasteiger charge is -2.33. The molecule has 2 N–H and O–H groups in total. The van der Waals surface area contributed by atoms with Gasteiger partial charge in [0.1, 0.15) is 5.82 Å². The van der Waals surface area contributed by atoms with Crippen molar-refractivity contribution in [2.45, 2.75) is 25.3 Å². The molecule has 2 aromatic carbocycles. The Hall–Kier alpha value is -2.34. The summed E-state index contributed by atoms with van der Waals surface area (Å²) in [5.41, 5.74) is 1.54. The smallest absolute Gasteiger partial charge is 0.251 e. The van der Waals surface area contributed by atoms with Gasteiger partial charge in [0, 0.05) is 24.1 Å². The molecule has 0 saturated carbocycles. The van der Waals surface area contributed by atoms with E-state index in [-0.39, 0.29) is 23.4 Å². The Labute approximate surface area is 144 Å². The predicted molar refractivity (Wildman–Crippen MR) is 89.0 cm³/mol. The number of aryl methyl sites for hydroxylation is 1. The lowest BCUT2D eigenvalue weighted by Crippen LogP contribution is -2.50. The molecule has 1 amide bonds. The van der Waals surface area contributed by atoms with Crippen molar-refractivity contribution in [1.82, 2.24) is 10.6 Å². The zero-order valence-corrected chi connectivity index (χ0v) is 13.8. The van der Waals surface area contributed by atoms with Crippen LogP contribution in [0.25, 0.3) is 0 Å². The maximum atomic E-state index is 13.6. The topological polar surface area (TPSA) is 41.1 Å². The molecule has 1 aliphatic rings. The standard InChI is InChI=1S/C19H19F3N2O/c1-11-6-13(8-14(20)7-11)19(25)24-18-10-23-5-4-15(18)12-2-3-16(21)17(22)9-12/h2-3,6-9,15,18,23H,4-5,10H2,1H3,(H,24,25). The average Bonchev–Trinajstić information content (AvgIpc) is 2.57. The van der Waals surface area contributed by atoms with E-state index in [0.717, 1.165) is 12.6 Å². The number of amides is 1. The molecule has 2 unspecified atom stereocenters. The van der Waals surface area contributed by atoms with E-state index in [4.69, 9.17) is 0 Å². The summed E-state index contributed by atoms with van der Waals surface area (Å²) in [6, 6.07) is 7.67. The van der Waals surface area contributed by atoms with Gasteiger partial charge in [-0.1, -0.05) is 6.07 Å². The first kappa shape index (κ1) is 17.5. The Morgan fingerprint density at radius 1 is 1.12 bits per heavy atom. The maximum absolute atomic E-state index is 13.6. The van der Waals surface area contributed by atoms with Crippen LogP contribution in [-0.4, -0.2) is 25.0 Å². The molecule has 2 atom stereocenters. The summed E-state index contributed by atoms with van der Waals surface area (Å²) in [6.07, 6.45) is 0.679. The van der Waals surface area contributed by atoms with Crippen LogP contribution in [0, 0.1) is 24.4 Å². The minimum absolute atomic E-state index is 0.144. The first-order chi connectivity index (χ1) is 11.9. The van der Waals surface area contributed by atoms with E-state index in [1.807, 2.05) is 0 Å². The van der Waals surface area contributed by atoms with Gasteiger partial charge in [-0.05, 0) is 61.3 Å². The quantitative estimate of drug-likeness (QED) is 0.894. The molecule has 1 aliphatic heterocycles. The Bertz CT molecular complexity index is 774. The van der Waals surface area contributed by atoms with Gasteiger partial charge in [0.05, 0.1) is 0 Å². The van der Waals surface area contributed by atoms with Crippen LogP contribution in [-0.2, 0) is 0 Å². The number of piperidine rings is 1. The van der Waals surface area contributed by atoms with Gasteiger partial charge in [0.15, 0.2) is 11.6 Å². The summed E-state index contributed by atoms with van der Waals surface area (Å²) in [7, 11) is 0. The molecule has 1 heterocycles. The largest absolute Gasteiger partial charge is 0.347 e. The normalized spacial score (nSPS) is 20.3. The molecule has 6 heteroatoms. The van der Waals surface area contributed by atoms with Gasteiger partial charge in [-0.25, -0.2) is 13.2 Å². The summed E-state index contributed by atoms with van der Waals surface area (Å²) >= 11 is 0. The highest BCUT2D eigenvalue weighted by molar-refractivity contribution is 5.94. The molecule has 1 fully saturated rings. The Balaban J connectivity index is 1.81. The van der Waals surface area contributed by atoms with E-state index in [1.165, 1.54) is 18.2 Å². The average molecular weight is 348 g/mol. The highest BCUT2D eigenvalue weighted by atomic mass is 19.2. The lowest BCUT2D eigenvalue weighted by atomic mass is 9.85. The Kier molecular flexibility index (Phi) is 5.08. The van der Waals surface area contributed by atoms with Crippen molar-refractivity contribution >= 4 is 5.91 Å². The molecule has 0 radical (unpaired) electrons. The van der Waals surface area contributed by atoms with Crippen LogP contribution in [0.1, 0.15) is 33.8 Å². The summed E-state index contributed by atoms with van der Waals surface area (Å²) in [4.78, 5) is 12.5. The molecule has 2 aromatic rings. The third-order valence-electron chi connectivity index (χ3n) is 4.47. The van der Waals surface area contributed by atoms with Gasteiger partial charge in [-0.3, -0.25) is 4.79 Å². The van der Waals surface area contributed by atoms with Crippen LogP contribution in [0.2, 0.25) is 0 Å². The molecule has 3 rings (SSSR count). The van der Waals surface area contributed by atoms with Crippen molar-refractivity contribution in [2.75, 3.05) is 13.1 Å². The number of benzene rings is 2. The highest BCUT2D eigenvalue weighted by Crippen LogP contribution is 2.27. The van der Waals surface area contributed by atoms with E-state index in [0.29, 0.717) is 24.1 Å². The highest BCUT2D eigenvalue weighted by Gasteiger charge is 2.28. The fraction of sp³-hybridized carbons (Fsp3) is 0.316. The number of carbonyl (C=O) groups excluding carboxylic acids is 1. The Morgan fingerprint density at radius 2 is 1.92 bits per heavy atom. The van der Waals surface area contributed by atoms with Crippen LogP contribution in [0.4, 0.5) is 13.2 Å². The zero-order valence-electron chi connectivity index (χ0n) is 13.8. The third kappa shape index (κ3) is 4.02. The van der Waals surface area contributed by atoms with Gasteiger partial charge in [0.25, 0.3) is 5.91 Å². The second kappa shape index (κ2) is 7.27. The molecule has 0 bridgehead atoms. The number of carbonyl (C=O) groups is 1. The number of halogens is 3. The van der Waals surface area contributed by atoms with E-state index < -0.39 is 17.5 Å². The zero-order chi connectivity index (χ0) is 18.0. The van der Waals surface area contributed by atoms with Crippen LogP contribution in [0.3, 0.4) is 0 Å². The maximum Gasteiger partial charge on any atom is 0.251 e. The fourth-order valence-corrected chi connectivity index (χ4v) is 3.27.